The molecule has 2 heterocycles. The van der Waals surface area contributed by atoms with Crippen molar-refractivity contribution >= 4 is 0 Å². The number of aromatic nitrogens is 1. The van der Waals surface area contributed by atoms with Crippen molar-refractivity contribution in [1.29, 1.82) is 0 Å². The fraction of sp³-hybridized carbons (Fsp3) is 0.353. The van der Waals surface area contributed by atoms with Gasteiger partial charge < -0.3 is 14.8 Å². The van der Waals surface area contributed by atoms with E-state index in [1.165, 1.54) is 11.1 Å². The molecule has 1 aliphatic rings. The van der Waals surface area contributed by atoms with Crippen molar-refractivity contribution in [3.05, 3.63) is 53.3 Å². The standard InChI is InChI=1S/C17H20N2O2/c1-3-18-17(14-6-7-19-12(2)10-14)13-4-5-15-16(11-13)21-9-8-20-15/h4-7,10-11,17-18H,3,8-9H2,1-2H3. The molecule has 1 aliphatic heterocycles. The highest BCUT2D eigenvalue weighted by Crippen LogP contribution is 2.34. The second-order valence-corrected chi connectivity index (χ2v) is 5.12. The first kappa shape index (κ1) is 13.9. The zero-order valence-electron chi connectivity index (χ0n) is 12.4. The second kappa shape index (κ2) is 6.14. The molecule has 1 N–H and O–H groups in total. The van der Waals surface area contributed by atoms with E-state index >= 15 is 0 Å². The second-order valence-electron chi connectivity index (χ2n) is 5.12. The minimum absolute atomic E-state index is 0.132. The molecule has 0 radical (unpaired) electrons. The van der Waals surface area contributed by atoms with E-state index in [0.29, 0.717) is 13.2 Å². The van der Waals surface area contributed by atoms with Gasteiger partial charge in [-0.25, -0.2) is 0 Å². The number of fused-ring (bicyclic) bond motifs is 1. The Balaban J connectivity index is 1.97. The van der Waals surface area contributed by atoms with Gasteiger partial charge in [-0.15, -0.1) is 0 Å². The molecule has 2 aromatic rings. The van der Waals surface area contributed by atoms with E-state index in [-0.39, 0.29) is 6.04 Å². The molecule has 4 nitrogen and oxygen atoms in total. The lowest BCUT2D eigenvalue weighted by Crippen LogP contribution is -2.23. The van der Waals surface area contributed by atoms with E-state index in [0.717, 1.165) is 23.7 Å². The Morgan fingerprint density at radius 3 is 2.62 bits per heavy atom. The van der Waals surface area contributed by atoms with Crippen LogP contribution in [-0.4, -0.2) is 24.7 Å². The largest absolute Gasteiger partial charge is 0.486 e. The Labute approximate surface area is 125 Å². The normalized spacial score (nSPS) is 14.8. The maximum Gasteiger partial charge on any atom is 0.161 e. The minimum Gasteiger partial charge on any atom is -0.486 e. The molecule has 1 aromatic heterocycles. The average molecular weight is 284 g/mol. The number of pyridine rings is 1. The van der Waals surface area contributed by atoms with Crippen molar-refractivity contribution in [1.82, 2.24) is 10.3 Å². The first-order valence-corrected chi connectivity index (χ1v) is 7.33. The summed E-state index contributed by atoms with van der Waals surface area (Å²) in [4.78, 5) is 4.27. The molecular weight excluding hydrogens is 264 g/mol. The number of hydrogen-bond acceptors (Lipinski definition) is 4. The highest BCUT2D eigenvalue weighted by atomic mass is 16.6. The van der Waals surface area contributed by atoms with Crippen LogP contribution >= 0.6 is 0 Å². The summed E-state index contributed by atoms with van der Waals surface area (Å²) in [6.45, 7) is 6.24. The summed E-state index contributed by atoms with van der Waals surface area (Å²) < 4.78 is 11.3. The third-order valence-corrected chi connectivity index (χ3v) is 3.56. The Morgan fingerprint density at radius 2 is 1.86 bits per heavy atom. The van der Waals surface area contributed by atoms with Gasteiger partial charge in [-0.1, -0.05) is 13.0 Å². The molecule has 21 heavy (non-hydrogen) atoms. The van der Waals surface area contributed by atoms with Crippen molar-refractivity contribution in [2.45, 2.75) is 19.9 Å². The van der Waals surface area contributed by atoms with Crippen molar-refractivity contribution in [3.8, 4) is 11.5 Å². The van der Waals surface area contributed by atoms with Gasteiger partial charge in [0.1, 0.15) is 13.2 Å². The minimum atomic E-state index is 0.132. The van der Waals surface area contributed by atoms with Gasteiger partial charge in [0, 0.05) is 11.9 Å². The Morgan fingerprint density at radius 1 is 1.10 bits per heavy atom. The molecule has 1 unspecified atom stereocenters. The number of aryl methyl sites for hydroxylation is 1. The number of nitrogens with one attached hydrogen (secondary N) is 1. The lowest BCUT2D eigenvalue weighted by molar-refractivity contribution is 0.171. The van der Waals surface area contributed by atoms with Crippen molar-refractivity contribution in [2.24, 2.45) is 0 Å². The number of ether oxygens (including phenoxy) is 2. The molecule has 1 atom stereocenters. The van der Waals surface area contributed by atoms with Gasteiger partial charge >= 0.3 is 0 Å². The third-order valence-electron chi connectivity index (χ3n) is 3.56. The van der Waals surface area contributed by atoms with Gasteiger partial charge in [-0.2, -0.15) is 0 Å². The van der Waals surface area contributed by atoms with E-state index in [4.69, 9.17) is 9.47 Å². The summed E-state index contributed by atoms with van der Waals surface area (Å²) in [5, 5.41) is 3.53. The van der Waals surface area contributed by atoms with Gasteiger partial charge in [-0.05, 0) is 48.9 Å². The SMILES string of the molecule is CCNC(c1ccnc(C)c1)c1ccc2c(c1)OCCO2. The van der Waals surface area contributed by atoms with Crippen LogP contribution in [0.2, 0.25) is 0 Å². The Bertz CT molecular complexity index is 628. The lowest BCUT2D eigenvalue weighted by atomic mass is 9.98. The topological polar surface area (TPSA) is 43.4 Å². The van der Waals surface area contributed by atoms with Crippen LogP contribution in [0, 0.1) is 6.92 Å². The van der Waals surface area contributed by atoms with E-state index in [1.807, 2.05) is 19.2 Å². The van der Waals surface area contributed by atoms with Crippen molar-refractivity contribution in [3.63, 3.8) is 0 Å². The predicted octanol–water partition coefficient (Wildman–Crippen LogP) is 2.86. The van der Waals surface area contributed by atoms with Gasteiger partial charge in [0.05, 0.1) is 6.04 Å². The first-order chi connectivity index (χ1) is 10.3. The zero-order chi connectivity index (χ0) is 14.7. The maximum atomic E-state index is 5.69. The van der Waals surface area contributed by atoms with Gasteiger partial charge in [0.25, 0.3) is 0 Å². The summed E-state index contributed by atoms with van der Waals surface area (Å²) in [5.74, 6) is 1.65. The summed E-state index contributed by atoms with van der Waals surface area (Å²) in [6, 6.07) is 10.4. The average Bonchev–Trinajstić information content (AvgIpc) is 2.52. The molecule has 0 saturated carbocycles. The molecule has 0 aliphatic carbocycles. The number of rotatable bonds is 4. The van der Waals surface area contributed by atoms with Crippen LogP contribution in [0.15, 0.2) is 36.5 Å². The van der Waals surface area contributed by atoms with E-state index in [2.05, 4.69) is 41.5 Å². The fourth-order valence-corrected chi connectivity index (χ4v) is 2.62. The van der Waals surface area contributed by atoms with Crippen LogP contribution in [0.1, 0.15) is 29.8 Å². The van der Waals surface area contributed by atoms with E-state index in [1.54, 1.807) is 0 Å². The molecule has 0 fully saturated rings. The van der Waals surface area contributed by atoms with Gasteiger partial charge in [0.15, 0.2) is 11.5 Å². The Hall–Kier alpha value is -2.07. The monoisotopic (exact) mass is 284 g/mol. The molecule has 0 saturated heterocycles. The zero-order valence-corrected chi connectivity index (χ0v) is 12.4. The van der Waals surface area contributed by atoms with Crippen molar-refractivity contribution < 1.29 is 9.47 Å². The molecular formula is C17H20N2O2. The molecule has 0 bridgehead atoms. The highest BCUT2D eigenvalue weighted by molar-refractivity contribution is 5.46. The van der Waals surface area contributed by atoms with Crippen LogP contribution < -0.4 is 14.8 Å². The number of benzene rings is 1. The third kappa shape index (κ3) is 3.00. The first-order valence-electron chi connectivity index (χ1n) is 7.33. The van der Waals surface area contributed by atoms with Crippen LogP contribution in [-0.2, 0) is 0 Å². The summed E-state index contributed by atoms with van der Waals surface area (Å²) >= 11 is 0. The van der Waals surface area contributed by atoms with Crippen LogP contribution in [0.5, 0.6) is 11.5 Å². The van der Waals surface area contributed by atoms with Crippen LogP contribution in [0.3, 0.4) is 0 Å². The smallest absolute Gasteiger partial charge is 0.161 e. The van der Waals surface area contributed by atoms with E-state index in [9.17, 15) is 0 Å². The van der Waals surface area contributed by atoms with E-state index < -0.39 is 0 Å². The summed E-state index contributed by atoms with van der Waals surface area (Å²) in [7, 11) is 0. The van der Waals surface area contributed by atoms with Crippen LogP contribution in [0.25, 0.3) is 0 Å². The summed E-state index contributed by atoms with van der Waals surface area (Å²) in [5.41, 5.74) is 3.40. The predicted molar refractivity (Wildman–Crippen MR) is 81.9 cm³/mol. The molecule has 1 aromatic carbocycles. The molecule has 0 amide bonds. The quantitative estimate of drug-likeness (QED) is 0.937. The maximum absolute atomic E-state index is 5.69. The Kier molecular flexibility index (Phi) is 4.06. The summed E-state index contributed by atoms with van der Waals surface area (Å²) in [6.07, 6.45) is 1.85. The fourth-order valence-electron chi connectivity index (χ4n) is 2.62. The number of nitrogens with zero attached hydrogens (tertiary/aromatic N) is 1. The van der Waals surface area contributed by atoms with Crippen LogP contribution in [0.4, 0.5) is 0 Å². The van der Waals surface area contributed by atoms with Crippen molar-refractivity contribution in [2.75, 3.05) is 19.8 Å². The van der Waals surface area contributed by atoms with Gasteiger partial charge in [0.2, 0.25) is 0 Å². The molecule has 3 rings (SSSR count). The highest BCUT2D eigenvalue weighted by Gasteiger charge is 2.18. The lowest BCUT2D eigenvalue weighted by Gasteiger charge is -2.23. The molecule has 110 valence electrons. The molecule has 0 spiro atoms. The van der Waals surface area contributed by atoms with Gasteiger partial charge in [-0.3, -0.25) is 4.98 Å². The molecule has 4 heteroatoms. The number of hydrogen-bond donors (Lipinski definition) is 1.